The van der Waals surface area contributed by atoms with E-state index in [0.717, 1.165) is 42.0 Å². The minimum Gasteiger partial charge on any atom is -0.344 e. The highest BCUT2D eigenvalue weighted by Gasteiger charge is 2.14. The van der Waals surface area contributed by atoms with E-state index < -0.39 is 0 Å². The summed E-state index contributed by atoms with van der Waals surface area (Å²) in [5.74, 6) is 0.530. The summed E-state index contributed by atoms with van der Waals surface area (Å²) in [6.07, 6.45) is 3.10. The summed E-state index contributed by atoms with van der Waals surface area (Å²) < 4.78 is 13.3. The lowest BCUT2D eigenvalue weighted by Crippen LogP contribution is -2.11. The number of H-pyrrole nitrogens is 1. The number of hydrogen-bond donors (Lipinski definition) is 2. The molecule has 3 nitrogen and oxygen atoms in total. The lowest BCUT2D eigenvalue weighted by atomic mass is 10.1. The Balaban J connectivity index is 2.26. The molecule has 2 aromatic rings. The molecule has 0 radical (unpaired) electrons. The minimum atomic E-state index is -0.253. The summed E-state index contributed by atoms with van der Waals surface area (Å²) in [5, 5.41) is 0. The van der Waals surface area contributed by atoms with Gasteiger partial charge in [0, 0.05) is 11.3 Å². The zero-order chi connectivity index (χ0) is 13.8. The number of unbranched alkanes of at least 4 members (excludes halogenated alkanes) is 1. The van der Waals surface area contributed by atoms with E-state index in [0.29, 0.717) is 0 Å². The van der Waals surface area contributed by atoms with Gasteiger partial charge in [0.2, 0.25) is 0 Å². The monoisotopic (exact) mass is 261 g/mol. The average molecular weight is 261 g/mol. The Kier molecular flexibility index (Phi) is 4.32. The molecular formula is C15H20FN3. The van der Waals surface area contributed by atoms with Crippen molar-refractivity contribution in [2.24, 2.45) is 5.73 Å². The van der Waals surface area contributed by atoms with E-state index in [1.54, 1.807) is 6.07 Å². The minimum absolute atomic E-state index is 0.0824. The Labute approximate surface area is 113 Å². The topological polar surface area (TPSA) is 54.7 Å². The van der Waals surface area contributed by atoms with Crippen molar-refractivity contribution in [3.05, 3.63) is 41.6 Å². The maximum Gasteiger partial charge on any atom is 0.123 e. The van der Waals surface area contributed by atoms with Crippen molar-refractivity contribution in [3.8, 4) is 11.3 Å². The molecule has 1 heterocycles. The maximum atomic E-state index is 13.3. The number of aryl methyl sites for hydroxylation is 1. The molecule has 1 aromatic heterocycles. The molecule has 102 valence electrons. The third kappa shape index (κ3) is 3.20. The van der Waals surface area contributed by atoms with Crippen LogP contribution in [-0.2, 0) is 0 Å². The maximum absolute atomic E-state index is 13.3. The zero-order valence-electron chi connectivity index (χ0n) is 11.4. The molecule has 19 heavy (non-hydrogen) atoms. The predicted octanol–water partition coefficient (Wildman–Crippen LogP) is 3.71. The van der Waals surface area contributed by atoms with E-state index in [2.05, 4.69) is 16.9 Å². The van der Waals surface area contributed by atoms with Crippen LogP contribution in [-0.4, -0.2) is 9.97 Å². The Morgan fingerprint density at radius 2 is 2.21 bits per heavy atom. The van der Waals surface area contributed by atoms with Crippen molar-refractivity contribution < 1.29 is 4.39 Å². The van der Waals surface area contributed by atoms with Gasteiger partial charge in [-0.2, -0.15) is 0 Å². The Bertz CT molecular complexity index is 548. The van der Waals surface area contributed by atoms with Gasteiger partial charge < -0.3 is 10.7 Å². The molecule has 0 aliphatic rings. The molecule has 3 N–H and O–H groups in total. The number of aromatic amines is 1. The van der Waals surface area contributed by atoms with E-state index in [4.69, 9.17) is 5.73 Å². The highest BCUT2D eigenvalue weighted by atomic mass is 19.1. The van der Waals surface area contributed by atoms with Crippen LogP contribution in [0.15, 0.2) is 24.3 Å². The molecule has 0 fully saturated rings. The van der Waals surface area contributed by atoms with Crippen molar-refractivity contribution in [3.63, 3.8) is 0 Å². The smallest absolute Gasteiger partial charge is 0.123 e. The van der Waals surface area contributed by atoms with Crippen LogP contribution in [0.25, 0.3) is 11.3 Å². The predicted molar refractivity (Wildman–Crippen MR) is 75.2 cm³/mol. The Morgan fingerprint density at radius 3 is 2.89 bits per heavy atom. The molecule has 1 aromatic carbocycles. The van der Waals surface area contributed by atoms with Crippen LogP contribution in [0.5, 0.6) is 0 Å². The summed E-state index contributed by atoms with van der Waals surface area (Å²) in [5.41, 5.74) is 8.59. The van der Waals surface area contributed by atoms with E-state index in [-0.39, 0.29) is 11.9 Å². The molecule has 0 bridgehead atoms. The third-order valence-electron chi connectivity index (χ3n) is 3.22. The molecule has 0 saturated heterocycles. The summed E-state index contributed by atoms with van der Waals surface area (Å²) in [7, 11) is 0. The number of nitrogens with one attached hydrogen (secondary N) is 1. The van der Waals surface area contributed by atoms with Gasteiger partial charge in [-0.05, 0) is 25.5 Å². The number of imidazole rings is 1. The molecule has 2 rings (SSSR count). The van der Waals surface area contributed by atoms with Gasteiger partial charge in [0.1, 0.15) is 11.6 Å². The number of halogens is 1. The average Bonchev–Trinajstić information content (AvgIpc) is 2.78. The van der Waals surface area contributed by atoms with Crippen LogP contribution in [0.1, 0.15) is 43.7 Å². The number of aromatic nitrogens is 2. The number of nitrogens with zero attached hydrogens (tertiary/aromatic N) is 1. The van der Waals surface area contributed by atoms with Gasteiger partial charge in [-0.3, -0.25) is 0 Å². The molecule has 4 heteroatoms. The van der Waals surface area contributed by atoms with Crippen molar-refractivity contribution in [2.75, 3.05) is 0 Å². The lowest BCUT2D eigenvalue weighted by Gasteiger charge is -2.06. The van der Waals surface area contributed by atoms with Crippen molar-refractivity contribution in [1.82, 2.24) is 9.97 Å². The highest BCUT2D eigenvalue weighted by Crippen LogP contribution is 2.24. The van der Waals surface area contributed by atoms with Gasteiger partial charge in [-0.15, -0.1) is 0 Å². The zero-order valence-corrected chi connectivity index (χ0v) is 11.4. The van der Waals surface area contributed by atoms with Crippen LogP contribution in [0.4, 0.5) is 4.39 Å². The quantitative estimate of drug-likeness (QED) is 0.862. The summed E-state index contributed by atoms with van der Waals surface area (Å²) >= 11 is 0. The SMILES string of the molecule is CCCCC(N)c1nc(-c2cccc(F)c2)c(C)[nH]1. The van der Waals surface area contributed by atoms with Crippen LogP contribution < -0.4 is 5.73 Å². The van der Waals surface area contributed by atoms with Gasteiger partial charge in [0.15, 0.2) is 0 Å². The second kappa shape index (κ2) is 5.97. The first-order chi connectivity index (χ1) is 9.11. The second-order valence-corrected chi connectivity index (χ2v) is 4.85. The van der Waals surface area contributed by atoms with Gasteiger partial charge in [-0.1, -0.05) is 31.9 Å². The van der Waals surface area contributed by atoms with Crippen LogP contribution in [0, 0.1) is 12.7 Å². The van der Waals surface area contributed by atoms with Gasteiger partial charge in [0.05, 0.1) is 11.7 Å². The standard InChI is InChI=1S/C15H20FN3/c1-3-4-8-13(17)15-18-10(2)14(19-15)11-6-5-7-12(16)9-11/h5-7,9,13H,3-4,8,17H2,1-2H3,(H,18,19). The summed E-state index contributed by atoms with van der Waals surface area (Å²) in [6, 6.07) is 6.38. The van der Waals surface area contributed by atoms with Gasteiger partial charge in [0.25, 0.3) is 0 Å². The van der Waals surface area contributed by atoms with E-state index in [1.807, 2.05) is 13.0 Å². The highest BCUT2D eigenvalue weighted by molar-refractivity contribution is 5.61. The Morgan fingerprint density at radius 1 is 1.42 bits per heavy atom. The van der Waals surface area contributed by atoms with E-state index in [9.17, 15) is 4.39 Å². The number of nitrogens with two attached hydrogens (primary N) is 1. The molecule has 0 saturated carbocycles. The second-order valence-electron chi connectivity index (χ2n) is 4.85. The van der Waals surface area contributed by atoms with Crippen LogP contribution in [0.2, 0.25) is 0 Å². The fourth-order valence-corrected chi connectivity index (χ4v) is 2.14. The summed E-state index contributed by atoms with van der Waals surface area (Å²) in [6.45, 7) is 4.07. The molecule has 0 aliphatic carbocycles. The van der Waals surface area contributed by atoms with Gasteiger partial charge in [-0.25, -0.2) is 9.37 Å². The molecule has 0 spiro atoms. The lowest BCUT2D eigenvalue weighted by molar-refractivity contribution is 0.579. The van der Waals surface area contributed by atoms with E-state index in [1.165, 1.54) is 12.1 Å². The van der Waals surface area contributed by atoms with Crippen molar-refractivity contribution in [2.45, 2.75) is 39.2 Å². The summed E-state index contributed by atoms with van der Waals surface area (Å²) in [4.78, 5) is 7.74. The Hall–Kier alpha value is -1.68. The number of rotatable bonds is 5. The molecule has 1 atom stereocenters. The third-order valence-corrected chi connectivity index (χ3v) is 3.22. The molecular weight excluding hydrogens is 241 g/mol. The first-order valence-electron chi connectivity index (χ1n) is 6.69. The molecule has 0 amide bonds. The normalized spacial score (nSPS) is 12.6. The number of benzene rings is 1. The van der Waals surface area contributed by atoms with Crippen molar-refractivity contribution in [1.29, 1.82) is 0 Å². The molecule has 1 unspecified atom stereocenters. The fraction of sp³-hybridized carbons (Fsp3) is 0.400. The number of hydrogen-bond acceptors (Lipinski definition) is 2. The fourth-order valence-electron chi connectivity index (χ4n) is 2.14. The first kappa shape index (κ1) is 13.7. The van der Waals surface area contributed by atoms with Crippen molar-refractivity contribution >= 4 is 0 Å². The van der Waals surface area contributed by atoms with Crippen LogP contribution in [0.3, 0.4) is 0 Å². The van der Waals surface area contributed by atoms with Crippen LogP contribution >= 0.6 is 0 Å². The largest absolute Gasteiger partial charge is 0.344 e. The van der Waals surface area contributed by atoms with E-state index >= 15 is 0 Å². The molecule has 0 aliphatic heterocycles. The van der Waals surface area contributed by atoms with Gasteiger partial charge >= 0.3 is 0 Å². The first-order valence-corrected chi connectivity index (χ1v) is 6.69.